The van der Waals surface area contributed by atoms with Gasteiger partial charge in [0.05, 0.1) is 36.4 Å². The Balaban J connectivity index is 1.50. The minimum absolute atomic E-state index is 0.173. The van der Waals surface area contributed by atoms with Gasteiger partial charge in [-0.25, -0.2) is 4.99 Å². The van der Waals surface area contributed by atoms with Crippen LogP contribution in [0.15, 0.2) is 52.4 Å². The fraction of sp³-hybridized carbons (Fsp3) is 0.400. The van der Waals surface area contributed by atoms with Crippen LogP contribution in [0.3, 0.4) is 0 Å². The number of methoxy groups -OCH3 is 2. The van der Waals surface area contributed by atoms with Crippen LogP contribution in [-0.2, 0) is 4.79 Å². The molecule has 4 rings (SSSR count). The Hall–Kier alpha value is -2.51. The molecule has 2 aliphatic rings. The van der Waals surface area contributed by atoms with E-state index < -0.39 is 0 Å². The molecule has 1 aliphatic heterocycles. The third-order valence-electron chi connectivity index (χ3n) is 6.04. The van der Waals surface area contributed by atoms with E-state index in [4.69, 9.17) is 31.1 Å². The molecule has 0 bridgehead atoms. The molecule has 0 aromatic heterocycles. The zero-order chi connectivity index (χ0) is 23.4. The van der Waals surface area contributed by atoms with Gasteiger partial charge >= 0.3 is 0 Å². The number of aliphatic imine (C=N–C) groups is 2. The van der Waals surface area contributed by atoms with Crippen molar-refractivity contribution in [3.63, 3.8) is 0 Å². The molecule has 1 aliphatic carbocycles. The quantitative estimate of drug-likeness (QED) is 0.558. The van der Waals surface area contributed by atoms with Gasteiger partial charge in [0.25, 0.3) is 0 Å². The molecular weight excluding hydrogens is 458 g/mol. The lowest BCUT2D eigenvalue weighted by atomic mass is 9.83. The van der Waals surface area contributed by atoms with E-state index in [-0.39, 0.29) is 17.3 Å². The van der Waals surface area contributed by atoms with Gasteiger partial charge in [-0.05, 0) is 37.7 Å². The Kier molecular flexibility index (Phi) is 7.29. The van der Waals surface area contributed by atoms with Crippen molar-refractivity contribution in [2.24, 2.45) is 15.9 Å². The number of amides is 1. The van der Waals surface area contributed by atoms with Crippen molar-refractivity contribution in [3.8, 4) is 11.5 Å². The summed E-state index contributed by atoms with van der Waals surface area (Å²) in [6.45, 7) is 2.28. The zero-order valence-electron chi connectivity index (χ0n) is 19.1. The molecule has 2 aromatic rings. The first-order valence-electron chi connectivity index (χ1n) is 11.0. The minimum Gasteiger partial charge on any atom is -0.495 e. The molecule has 2 aromatic carbocycles. The summed E-state index contributed by atoms with van der Waals surface area (Å²) in [4.78, 5) is 22.9. The number of halogens is 1. The Morgan fingerprint density at radius 1 is 1.12 bits per heavy atom. The van der Waals surface area contributed by atoms with Crippen LogP contribution < -0.4 is 14.8 Å². The summed E-state index contributed by atoms with van der Waals surface area (Å²) in [5.74, 6) is 1.69. The third-order valence-corrected chi connectivity index (χ3v) is 7.30. The maximum atomic E-state index is 12.8. The number of benzene rings is 2. The molecule has 0 saturated heterocycles. The molecule has 174 valence electrons. The highest BCUT2D eigenvalue weighted by atomic mass is 35.5. The third kappa shape index (κ3) is 5.36. The second-order valence-electron chi connectivity index (χ2n) is 8.43. The van der Waals surface area contributed by atoms with Gasteiger partial charge in [-0.1, -0.05) is 60.6 Å². The van der Waals surface area contributed by atoms with E-state index in [1.165, 1.54) is 26.0 Å². The molecule has 0 atom stereocenters. The maximum Gasteiger partial charge on any atom is 0.234 e. The number of carbonyl (C=O) groups is 1. The molecule has 1 N–H and O–H groups in total. The number of carbonyl (C=O) groups excluding carboxylic acids is 1. The average molecular weight is 486 g/mol. The van der Waals surface area contributed by atoms with Crippen LogP contribution in [0, 0.1) is 5.92 Å². The Morgan fingerprint density at radius 2 is 1.82 bits per heavy atom. The van der Waals surface area contributed by atoms with Gasteiger partial charge in [0.1, 0.15) is 16.5 Å². The summed E-state index contributed by atoms with van der Waals surface area (Å²) in [5.41, 5.74) is 2.02. The van der Waals surface area contributed by atoms with Crippen molar-refractivity contribution in [2.45, 2.75) is 38.3 Å². The summed E-state index contributed by atoms with van der Waals surface area (Å²) < 4.78 is 10.6. The van der Waals surface area contributed by atoms with Crippen molar-refractivity contribution < 1.29 is 14.3 Å². The minimum atomic E-state index is -0.386. The van der Waals surface area contributed by atoms with Crippen molar-refractivity contribution >= 4 is 45.7 Å². The summed E-state index contributed by atoms with van der Waals surface area (Å²) in [7, 11) is 3.07. The van der Waals surface area contributed by atoms with Crippen molar-refractivity contribution in [1.29, 1.82) is 0 Å². The molecular formula is C25H28ClN3O3S. The lowest BCUT2D eigenvalue weighted by Gasteiger charge is -2.30. The van der Waals surface area contributed by atoms with Crippen molar-refractivity contribution in [3.05, 3.63) is 53.1 Å². The Labute approximate surface area is 203 Å². The molecule has 0 radical (unpaired) electrons. The molecule has 33 heavy (non-hydrogen) atoms. The number of nitrogens with zero attached hydrogens (tertiary/aromatic N) is 2. The lowest BCUT2D eigenvalue weighted by Crippen LogP contribution is -2.28. The molecule has 0 unspecified atom stereocenters. The van der Waals surface area contributed by atoms with E-state index in [0.29, 0.717) is 28.1 Å². The largest absolute Gasteiger partial charge is 0.495 e. The number of anilines is 1. The molecule has 1 saturated carbocycles. The van der Waals surface area contributed by atoms with Gasteiger partial charge in [0, 0.05) is 11.6 Å². The number of nitrogens with one attached hydrogen (secondary N) is 1. The topological polar surface area (TPSA) is 72.3 Å². The first kappa shape index (κ1) is 23.6. The monoisotopic (exact) mass is 485 g/mol. The van der Waals surface area contributed by atoms with Gasteiger partial charge < -0.3 is 14.8 Å². The van der Waals surface area contributed by atoms with E-state index >= 15 is 0 Å². The molecule has 1 heterocycles. The van der Waals surface area contributed by atoms with Crippen LogP contribution in [0.25, 0.3) is 0 Å². The van der Waals surface area contributed by atoms with E-state index in [1.54, 1.807) is 12.1 Å². The molecule has 1 amide bonds. The maximum absolute atomic E-state index is 12.8. The van der Waals surface area contributed by atoms with Crippen LogP contribution in [-0.4, -0.2) is 42.3 Å². The lowest BCUT2D eigenvalue weighted by molar-refractivity contribution is -0.113. The van der Waals surface area contributed by atoms with Gasteiger partial charge in [-0.3, -0.25) is 9.79 Å². The predicted octanol–water partition coefficient (Wildman–Crippen LogP) is 5.84. The summed E-state index contributed by atoms with van der Waals surface area (Å²) in [5, 5.41) is 4.11. The van der Waals surface area contributed by atoms with E-state index in [9.17, 15) is 4.79 Å². The van der Waals surface area contributed by atoms with Gasteiger partial charge in [0.15, 0.2) is 5.66 Å². The molecule has 1 fully saturated rings. The number of rotatable bonds is 6. The first-order chi connectivity index (χ1) is 15.9. The molecule has 1 spiro atoms. The van der Waals surface area contributed by atoms with Gasteiger partial charge in [-0.2, -0.15) is 0 Å². The zero-order valence-corrected chi connectivity index (χ0v) is 20.6. The highest BCUT2D eigenvalue weighted by Crippen LogP contribution is 2.41. The van der Waals surface area contributed by atoms with Crippen molar-refractivity contribution in [2.75, 3.05) is 25.3 Å². The smallest absolute Gasteiger partial charge is 0.234 e. The standard InChI is InChI=1S/C25H28ClN3O3S/c1-16-9-11-25(12-10-16)28-23(17-7-5-4-6-8-17)24(29-25)33-15-22(30)27-19-13-18(26)20(31-2)14-21(19)32-3/h4-8,13-14,16H,9-12,15H2,1-3H3,(H,27,30). The number of thioether (sulfide) groups is 1. The normalized spacial score (nSPS) is 22.0. The Morgan fingerprint density at radius 3 is 2.48 bits per heavy atom. The first-order valence-corrected chi connectivity index (χ1v) is 12.4. The van der Waals surface area contributed by atoms with Crippen LogP contribution in [0.2, 0.25) is 5.02 Å². The number of ether oxygens (including phenoxy) is 2. The van der Waals surface area contributed by atoms with Gasteiger partial charge in [0.2, 0.25) is 5.91 Å². The molecule has 6 nitrogen and oxygen atoms in total. The van der Waals surface area contributed by atoms with Crippen LogP contribution in [0.4, 0.5) is 5.69 Å². The summed E-state index contributed by atoms with van der Waals surface area (Å²) in [6, 6.07) is 13.4. The van der Waals surface area contributed by atoms with Crippen LogP contribution in [0.5, 0.6) is 11.5 Å². The van der Waals surface area contributed by atoms with Crippen LogP contribution in [0.1, 0.15) is 38.2 Å². The highest BCUT2D eigenvalue weighted by Gasteiger charge is 2.39. The predicted molar refractivity (Wildman–Crippen MR) is 136 cm³/mol. The SMILES string of the molecule is COc1cc(OC)c(NC(=O)CSC2=NC3(CCC(C)CC3)N=C2c2ccccc2)cc1Cl. The number of hydrogen-bond acceptors (Lipinski definition) is 6. The van der Waals surface area contributed by atoms with E-state index in [1.807, 2.05) is 30.3 Å². The summed E-state index contributed by atoms with van der Waals surface area (Å²) >= 11 is 7.65. The Bertz CT molecular complexity index is 1080. The number of hydrogen-bond donors (Lipinski definition) is 1. The average Bonchev–Trinajstić information content (AvgIpc) is 3.19. The van der Waals surface area contributed by atoms with Crippen molar-refractivity contribution in [1.82, 2.24) is 0 Å². The summed E-state index contributed by atoms with van der Waals surface area (Å²) in [6.07, 6.45) is 4.13. The van der Waals surface area contributed by atoms with Crippen LogP contribution >= 0.6 is 23.4 Å². The second-order valence-corrected chi connectivity index (χ2v) is 9.80. The van der Waals surface area contributed by atoms with E-state index in [2.05, 4.69) is 12.2 Å². The van der Waals surface area contributed by atoms with Gasteiger partial charge in [-0.15, -0.1) is 0 Å². The fourth-order valence-electron chi connectivity index (χ4n) is 4.13. The highest BCUT2D eigenvalue weighted by molar-refractivity contribution is 8.16. The second kappa shape index (κ2) is 10.2. The van der Waals surface area contributed by atoms with E-state index in [0.717, 1.165) is 42.0 Å². The molecule has 8 heteroatoms. The fourth-order valence-corrected chi connectivity index (χ4v) is 5.25.